The van der Waals surface area contributed by atoms with Crippen molar-refractivity contribution in [1.29, 1.82) is 0 Å². The predicted molar refractivity (Wildman–Crippen MR) is 338 cm³/mol. The summed E-state index contributed by atoms with van der Waals surface area (Å²) in [6, 6.07) is 0. The molecule has 0 aromatic rings. The monoisotopic (exact) mass is 1190 g/mol. The zero-order valence-electron chi connectivity index (χ0n) is 54.3. The first-order valence-corrected chi connectivity index (χ1v) is 36.2. The van der Waals surface area contributed by atoms with Gasteiger partial charge in [0.2, 0.25) is 20.0 Å². The van der Waals surface area contributed by atoms with Gasteiger partial charge in [-0.2, -0.15) is 0 Å². The molecule has 0 bridgehead atoms. The first-order chi connectivity index (χ1) is 38.3. The molecule has 0 saturated heterocycles. The number of hydrogen-bond donors (Lipinski definition) is 3. The standard InChI is InChI=1S/C63H128N6O10S2/c1-12-14-16-18-20-22-24-26-28-30-32-34-36-40-56-80(73,74)65-47-43-49-67(50-44-48-66-81(75,76)57-41-37-35-33-31-29-27-25-23-21-19-17-15-13-2)51-45-55-69(60(72)79-63(9,10)11)53-39-38-52-68(59(71)78-62(6,7)8)54-42-46-64-58(70)77-61(3,4)5/h65-66H,12-57H2,1-11H3,(H,64,70). The lowest BCUT2D eigenvalue weighted by molar-refractivity contribution is 0.0204. The molecule has 0 aliphatic rings. The molecule has 0 aliphatic heterocycles. The molecule has 0 aliphatic carbocycles. The lowest BCUT2D eigenvalue weighted by atomic mass is 10.0. The van der Waals surface area contributed by atoms with E-state index in [9.17, 15) is 31.2 Å². The molecule has 0 atom stereocenters. The summed E-state index contributed by atoms with van der Waals surface area (Å²) < 4.78 is 74.5. The van der Waals surface area contributed by atoms with Gasteiger partial charge in [-0.1, -0.05) is 181 Å². The summed E-state index contributed by atoms with van der Waals surface area (Å²) >= 11 is 0. The van der Waals surface area contributed by atoms with Gasteiger partial charge in [-0.25, -0.2) is 40.7 Å². The van der Waals surface area contributed by atoms with Crippen LogP contribution in [0.5, 0.6) is 0 Å². The van der Waals surface area contributed by atoms with Crippen molar-refractivity contribution in [2.45, 2.75) is 311 Å². The Kier molecular flexibility index (Phi) is 46.4. The van der Waals surface area contributed by atoms with Gasteiger partial charge in [0.25, 0.3) is 0 Å². The van der Waals surface area contributed by atoms with Crippen LogP contribution < -0.4 is 14.8 Å². The number of ether oxygens (including phenoxy) is 3. The first kappa shape index (κ1) is 78.6. The number of unbranched alkanes of at least 4 members (excludes halogenated alkanes) is 27. The molecule has 0 fully saturated rings. The first-order valence-electron chi connectivity index (χ1n) is 32.9. The van der Waals surface area contributed by atoms with Crippen LogP contribution in [-0.4, -0.2) is 144 Å². The lowest BCUT2D eigenvalue weighted by Crippen LogP contribution is -2.41. The highest BCUT2D eigenvalue weighted by atomic mass is 32.2. The van der Waals surface area contributed by atoms with Crippen LogP contribution in [0.3, 0.4) is 0 Å². The molecule has 0 saturated carbocycles. The van der Waals surface area contributed by atoms with Crippen molar-refractivity contribution in [2.24, 2.45) is 0 Å². The Labute approximate surface area is 499 Å². The average Bonchev–Trinajstić information content (AvgIpc) is 3.36. The van der Waals surface area contributed by atoms with E-state index in [-0.39, 0.29) is 11.5 Å². The summed E-state index contributed by atoms with van der Waals surface area (Å²) in [7, 11) is -6.81. The van der Waals surface area contributed by atoms with E-state index in [0.29, 0.717) is 117 Å². The van der Waals surface area contributed by atoms with Crippen LogP contribution in [-0.2, 0) is 34.3 Å². The van der Waals surface area contributed by atoms with E-state index in [0.717, 1.165) is 38.5 Å². The normalized spacial score (nSPS) is 12.5. The zero-order chi connectivity index (χ0) is 60.7. The van der Waals surface area contributed by atoms with Crippen LogP contribution in [0.15, 0.2) is 0 Å². The second-order valence-electron chi connectivity index (χ2n) is 25.9. The van der Waals surface area contributed by atoms with Gasteiger partial charge < -0.3 is 34.2 Å². The minimum Gasteiger partial charge on any atom is -0.444 e. The summed E-state index contributed by atoms with van der Waals surface area (Å²) in [4.78, 5) is 44.7. The third kappa shape index (κ3) is 54.0. The Morgan fingerprint density at radius 2 is 0.605 bits per heavy atom. The molecule has 0 rings (SSSR count). The molecule has 3 amide bonds. The Morgan fingerprint density at radius 1 is 0.333 bits per heavy atom. The van der Waals surface area contributed by atoms with E-state index in [1.54, 1.807) is 30.6 Å². The molecule has 0 aromatic heterocycles. The molecular formula is C63H128N6O10S2. The molecule has 0 heterocycles. The molecule has 0 aromatic carbocycles. The summed E-state index contributed by atoms with van der Waals surface area (Å²) in [6.45, 7) is 25.2. The van der Waals surface area contributed by atoms with Crippen molar-refractivity contribution in [2.75, 3.05) is 77.0 Å². The highest BCUT2D eigenvalue weighted by Crippen LogP contribution is 2.17. The van der Waals surface area contributed by atoms with Crippen LogP contribution in [0.2, 0.25) is 0 Å². The lowest BCUT2D eigenvalue weighted by Gasteiger charge is -2.30. The number of sulfonamides is 2. The van der Waals surface area contributed by atoms with Crippen LogP contribution in [0.25, 0.3) is 0 Å². The van der Waals surface area contributed by atoms with Gasteiger partial charge in [0, 0.05) is 45.8 Å². The quantitative estimate of drug-likeness (QED) is 0.0388. The second-order valence-corrected chi connectivity index (χ2v) is 29.8. The van der Waals surface area contributed by atoms with E-state index in [4.69, 9.17) is 14.2 Å². The maximum atomic E-state index is 13.6. The number of amides is 3. The molecule has 16 nitrogen and oxygen atoms in total. The molecule has 0 radical (unpaired) electrons. The molecule has 0 unspecified atom stereocenters. The maximum absolute atomic E-state index is 13.6. The third-order valence-electron chi connectivity index (χ3n) is 14.1. The molecule has 3 N–H and O–H groups in total. The van der Waals surface area contributed by atoms with Crippen molar-refractivity contribution < 1.29 is 45.4 Å². The number of hydrogen-bond acceptors (Lipinski definition) is 11. The number of rotatable bonds is 53. The maximum Gasteiger partial charge on any atom is 0.410 e. The van der Waals surface area contributed by atoms with Crippen LogP contribution in [0.4, 0.5) is 14.4 Å². The summed E-state index contributed by atoms with van der Waals surface area (Å²) in [5.74, 6) is 0.252. The minimum absolute atomic E-state index is 0.126. The Bertz CT molecular complexity index is 1700. The molecule has 482 valence electrons. The highest BCUT2D eigenvalue weighted by Gasteiger charge is 2.25. The van der Waals surface area contributed by atoms with Crippen LogP contribution in [0, 0.1) is 0 Å². The van der Waals surface area contributed by atoms with E-state index in [1.165, 1.54) is 128 Å². The van der Waals surface area contributed by atoms with Crippen molar-refractivity contribution in [3.8, 4) is 0 Å². The fourth-order valence-corrected chi connectivity index (χ4v) is 12.0. The molecule has 81 heavy (non-hydrogen) atoms. The van der Waals surface area contributed by atoms with E-state index < -0.39 is 55.1 Å². The Morgan fingerprint density at radius 3 is 0.926 bits per heavy atom. The van der Waals surface area contributed by atoms with E-state index >= 15 is 0 Å². The van der Waals surface area contributed by atoms with Crippen LogP contribution in [0.1, 0.15) is 294 Å². The molecule has 0 spiro atoms. The Balaban J connectivity index is 5.43. The smallest absolute Gasteiger partial charge is 0.410 e. The van der Waals surface area contributed by atoms with E-state index in [2.05, 4.69) is 33.5 Å². The van der Waals surface area contributed by atoms with Gasteiger partial charge >= 0.3 is 18.3 Å². The fourth-order valence-electron chi connectivity index (χ4n) is 9.62. The fraction of sp³-hybridized carbons (Fsp3) is 0.952. The average molecular weight is 1190 g/mol. The topological polar surface area (TPSA) is 193 Å². The summed E-state index contributed by atoms with van der Waals surface area (Å²) in [5, 5.41) is 2.75. The number of nitrogens with one attached hydrogen (secondary N) is 3. The van der Waals surface area contributed by atoms with Gasteiger partial charge in [-0.05, 0) is 133 Å². The van der Waals surface area contributed by atoms with Gasteiger partial charge in [0.1, 0.15) is 16.8 Å². The van der Waals surface area contributed by atoms with Gasteiger partial charge in [-0.3, -0.25) is 0 Å². The zero-order valence-corrected chi connectivity index (χ0v) is 55.9. The minimum atomic E-state index is -3.40. The molecule has 18 heteroatoms. The van der Waals surface area contributed by atoms with Gasteiger partial charge in [0.15, 0.2) is 0 Å². The third-order valence-corrected chi connectivity index (χ3v) is 17.0. The van der Waals surface area contributed by atoms with Gasteiger partial charge in [-0.15, -0.1) is 0 Å². The van der Waals surface area contributed by atoms with Crippen LogP contribution >= 0.6 is 0 Å². The Hall–Kier alpha value is -2.41. The van der Waals surface area contributed by atoms with Crippen molar-refractivity contribution >= 4 is 38.3 Å². The number of nitrogens with zero attached hydrogens (tertiary/aromatic N) is 3. The van der Waals surface area contributed by atoms with E-state index in [1.807, 2.05) is 41.5 Å². The van der Waals surface area contributed by atoms with Crippen molar-refractivity contribution in [3.63, 3.8) is 0 Å². The SMILES string of the molecule is CCCCCCCCCCCCCCCCS(=O)(=O)NCCCN(CCCNS(=O)(=O)CCCCCCCCCCCCCCCC)CCCN(CCCCN(CCCNC(=O)OC(C)(C)C)C(=O)OC(C)(C)C)C(=O)OC(C)(C)C. The number of alkyl carbamates (subject to hydrolysis) is 1. The summed E-state index contributed by atoms with van der Waals surface area (Å²) in [6.07, 6.45) is 36.0. The molecular weight excluding hydrogens is 1060 g/mol. The largest absolute Gasteiger partial charge is 0.444 e. The summed E-state index contributed by atoms with van der Waals surface area (Å²) in [5.41, 5.74) is -2.02. The van der Waals surface area contributed by atoms with Crippen molar-refractivity contribution in [3.05, 3.63) is 0 Å². The number of carbonyl (C=O) groups is 3. The van der Waals surface area contributed by atoms with Crippen molar-refractivity contribution in [1.82, 2.24) is 29.5 Å². The second kappa shape index (κ2) is 47.8. The number of carbonyl (C=O) groups excluding carboxylic acids is 3. The van der Waals surface area contributed by atoms with Gasteiger partial charge in [0.05, 0.1) is 11.5 Å². The predicted octanol–water partition coefficient (Wildman–Crippen LogP) is 15.4. The highest BCUT2D eigenvalue weighted by molar-refractivity contribution is 7.89.